The van der Waals surface area contributed by atoms with Gasteiger partial charge in [-0.15, -0.1) is 0 Å². The molecule has 0 radical (unpaired) electrons. The number of carbonyl (C=O) groups excluding carboxylic acids is 1. The van der Waals surface area contributed by atoms with Crippen molar-refractivity contribution in [3.63, 3.8) is 0 Å². The summed E-state index contributed by atoms with van der Waals surface area (Å²) in [6, 6.07) is 11.5. The molecule has 1 heterocycles. The quantitative estimate of drug-likeness (QED) is 0.687. The van der Waals surface area contributed by atoms with Crippen LogP contribution in [0, 0.1) is 0 Å². The zero-order chi connectivity index (χ0) is 19.2. The molecular weight excluding hydrogens is 374 g/mol. The molecule has 1 amide bonds. The van der Waals surface area contributed by atoms with Crippen LogP contribution in [0.2, 0.25) is 5.02 Å². The van der Waals surface area contributed by atoms with Crippen molar-refractivity contribution >= 4 is 35.0 Å². The van der Waals surface area contributed by atoms with Gasteiger partial charge in [-0.1, -0.05) is 23.7 Å². The first kappa shape index (κ1) is 19.2. The highest BCUT2D eigenvalue weighted by Crippen LogP contribution is 2.31. The van der Waals surface area contributed by atoms with E-state index < -0.39 is 6.61 Å². The van der Waals surface area contributed by atoms with Crippen molar-refractivity contribution < 1.29 is 18.3 Å². The Bertz CT molecular complexity index is 819. The summed E-state index contributed by atoms with van der Waals surface area (Å²) >= 11 is 6.08. The molecule has 0 bridgehead atoms. The molecule has 0 unspecified atom stereocenters. The summed E-state index contributed by atoms with van der Waals surface area (Å²) in [7, 11) is 0. The Labute approximate surface area is 161 Å². The van der Waals surface area contributed by atoms with Gasteiger partial charge in [0.25, 0.3) is 0 Å². The van der Waals surface area contributed by atoms with Gasteiger partial charge in [-0.3, -0.25) is 4.79 Å². The molecule has 3 rings (SSSR count). The number of rotatable bonds is 6. The third-order valence-electron chi connectivity index (χ3n) is 4.20. The molecule has 2 aromatic carbocycles. The summed E-state index contributed by atoms with van der Waals surface area (Å²) in [4.78, 5) is 14.5. The van der Waals surface area contributed by atoms with Gasteiger partial charge >= 0.3 is 6.61 Å². The van der Waals surface area contributed by atoms with Crippen molar-refractivity contribution in [2.24, 2.45) is 0 Å². The van der Waals surface area contributed by atoms with E-state index in [9.17, 15) is 13.6 Å². The fourth-order valence-electron chi connectivity index (χ4n) is 2.95. The molecule has 0 saturated carbocycles. The van der Waals surface area contributed by atoms with Crippen LogP contribution in [0.15, 0.2) is 48.5 Å². The Morgan fingerprint density at radius 2 is 1.85 bits per heavy atom. The minimum absolute atomic E-state index is 0.0702. The van der Waals surface area contributed by atoms with E-state index in [2.05, 4.69) is 15.0 Å². The van der Waals surface area contributed by atoms with Crippen LogP contribution in [0.25, 0.3) is 6.08 Å². The zero-order valence-corrected chi connectivity index (χ0v) is 15.3. The van der Waals surface area contributed by atoms with E-state index in [1.165, 1.54) is 18.2 Å². The highest BCUT2D eigenvalue weighted by Gasteiger charge is 2.16. The van der Waals surface area contributed by atoms with Crippen LogP contribution < -0.4 is 15.0 Å². The van der Waals surface area contributed by atoms with E-state index in [0.717, 1.165) is 31.6 Å². The maximum atomic E-state index is 12.3. The number of amides is 1. The molecule has 142 valence electrons. The van der Waals surface area contributed by atoms with Crippen LogP contribution in [-0.4, -0.2) is 25.6 Å². The number of carbonyl (C=O) groups is 1. The first-order valence-corrected chi connectivity index (χ1v) is 8.97. The highest BCUT2D eigenvalue weighted by molar-refractivity contribution is 6.31. The molecule has 7 heteroatoms. The topological polar surface area (TPSA) is 41.6 Å². The number of hydrogen-bond acceptors (Lipinski definition) is 3. The predicted molar refractivity (Wildman–Crippen MR) is 104 cm³/mol. The summed E-state index contributed by atoms with van der Waals surface area (Å²) in [5, 5.41) is 3.41. The first-order chi connectivity index (χ1) is 13.0. The molecule has 27 heavy (non-hydrogen) atoms. The third kappa shape index (κ3) is 5.44. The fraction of sp³-hybridized carbons (Fsp3) is 0.250. The van der Waals surface area contributed by atoms with Crippen LogP contribution in [0.4, 0.5) is 20.2 Å². The lowest BCUT2D eigenvalue weighted by molar-refractivity contribution is -0.111. The predicted octanol–water partition coefficient (Wildman–Crippen LogP) is 5.19. The Morgan fingerprint density at radius 1 is 1.15 bits per heavy atom. The van der Waals surface area contributed by atoms with E-state index in [1.54, 1.807) is 24.3 Å². The normalized spacial score (nSPS) is 14.1. The summed E-state index contributed by atoms with van der Waals surface area (Å²) in [6.45, 7) is -0.958. The number of hydrogen-bond donors (Lipinski definition) is 1. The molecule has 1 saturated heterocycles. The standard InChI is InChI=1S/C20H19ClF2N2O2/c21-15-6-9-18(25-11-1-2-12-25)17(13-15)24-19(26)10-5-14-3-7-16(8-4-14)27-20(22)23/h3-10,13,20H,1-2,11-12H2,(H,24,26)/b10-5+. The number of alkyl halides is 2. The zero-order valence-electron chi connectivity index (χ0n) is 14.5. The van der Waals surface area contributed by atoms with Crippen LogP contribution in [0.5, 0.6) is 5.75 Å². The van der Waals surface area contributed by atoms with Gasteiger partial charge in [0.05, 0.1) is 11.4 Å². The van der Waals surface area contributed by atoms with Gasteiger partial charge in [-0.25, -0.2) is 0 Å². The van der Waals surface area contributed by atoms with E-state index >= 15 is 0 Å². The number of ether oxygens (including phenoxy) is 1. The largest absolute Gasteiger partial charge is 0.435 e. The number of benzene rings is 2. The van der Waals surface area contributed by atoms with E-state index in [1.807, 2.05) is 12.1 Å². The van der Waals surface area contributed by atoms with Crippen molar-refractivity contribution in [3.05, 3.63) is 59.1 Å². The minimum atomic E-state index is -2.86. The molecule has 0 spiro atoms. The monoisotopic (exact) mass is 392 g/mol. The Balaban J connectivity index is 1.67. The first-order valence-electron chi connectivity index (χ1n) is 8.60. The van der Waals surface area contributed by atoms with Crippen molar-refractivity contribution in [1.29, 1.82) is 0 Å². The summed E-state index contributed by atoms with van der Waals surface area (Å²) in [6.07, 6.45) is 5.24. The molecule has 2 aromatic rings. The van der Waals surface area contributed by atoms with Crippen molar-refractivity contribution in [2.75, 3.05) is 23.3 Å². The van der Waals surface area contributed by atoms with Crippen LogP contribution in [-0.2, 0) is 4.79 Å². The summed E-state index contributed by atoms with van der Waals surface area (Å²) in [5.41, 5.74) is 2.31. The molecular formula is C20H19ClF2N2O2. The van der Waals surface area contributed by atoms with Gasteiger partial charge in [0.15, 0.2) is 0 Å². The van der Waals surface area contributed by atoms with Crippen molar-refractivity contribution in [2.45, 2.75) is 19.5 Å². The lowest BCUT2D eigenvalue weighted by Crippen LogP contribution is -2.20. The van der Waals surface area contributed by atoms with Crippen LogP contribution in [0.1, 0.15) is 18.4 Å². The molecule has 0 aromatic heterocycles. The Morgan fingerprint density at radius 3 is 2.52 bits per heavy atom. The number of halogens is 3. The highest BCUT2D eigenvalue weighted by atomic mass is 35.5. The lowest BCUT2D eigenvalue weighted by atomic mass is 10.2. The maximum absolute atomic E-state index is 12.3. The lowest BCUT2D eigenvalue weighted by Gasteiger charge is -2.21. The van der Waals surface area contributed by atoms with Crippen molar-refractivity contribution in [1.82, 2.24) is 0 Å². The maximum Gasteiger partial charge on any atom is 0.387 e. The summed E-state index contributed by atoms with van der Waals surface area (Å²) < 4.78 is 28.6. The van der Waals surface area contributed by atoms with Gasteiger partial charge in [-0.05, 0) is 54.8 Å². The second-order valence-corrected chi connectivity index (χ2v) is 6.56. The van der Waals surface area contributed by atoms with E-state index in [-0.39, 0.29) is 11.7 Å². The Hall–Kier alpha value is -2.60. The molecule has 0 aliphatic carbocycles. The fourth-order valence-corrected chi connectivity index (χ4v) is 3.12. The van der Waals surface area contributed by atoms with Gasteiger partial charge in [0, 0.05) is 24.2 Å². The average Bonchev–Trinajstić information content (AvgIpc) is 3.15. The number of nitrogens with one attached hydrogen (secondary N) is 1. The second-order valence-electron chi connectivity index (χ2n) is 6.13. The SMILES string of the molecule is O=C(/C=C/c1ccc(OC(F)F)cc1)Nc1cc(Cl)ccc1N1CCCC1. The second kappa shape index (κ2) is 8.86. The number of nitrogens with zero attached hydrogens (tertiary/aromatic N) is 1. The van der Waals surface area contributed by atoms with E-state index in [4.69, 9.17) is 11.6 Å². The van der Waals surface area contributed by atoms with Gasteiger partial charge in [0.1, 0.15) is 5.75 Å². The van der Waals surface area contributed by atoms with Crippen LogP contribution in [0.3, 0.4) is 0 Å². The molecule has 1 fully saturated rings. The van der Waals surface area contributed by atoms with Gasteiger partial charge < -0.3 is 15.0 Å². The minimum Gasteiger partial charge on any atom is -0.435 e. The van der Waals surface area contributed by atoms with Gasteiger partial charge in [0.2, 0.25) is 5.91 Å². The number of anilines is 2. The van der Waals surface area contributed by atoms with Gasteiger partial charge in [-0.2, -0.15) is 8.78 Å². The molecule has 0 atom stereocenters. The van der Waals surface area contributed by atoms with E-state index in [0.29, 0.717) is 16.3 Å². The average molecular weight is 393 g/mol. The summed E-state index contributed by atoms with van der Waals surface area (Å²) in [5.74, 6) is -0.230. The van der Waals surface area contributed by atoms with Crippen LogP contribution >= 0.6 is 11.6 Å². The molecule has 1 N–H and O–H groups in total. The van der Waals surface area contributed by atoms with Crippen molar-refractivity contribution in [3.8, 4) is 5.75 Å². The molecule has 1 aliphatic rings. The third-order valence-corrected chi connectivity index (χ3v) is 4.43. The smallest absolute Gasteiger partial charge is 0.387 e. The Kier molecular flexibility index (Phi) is 6.29. The molecule has 4 nitrogen and oxygen atoms in total. The molecule has 1 aliphatic heterocycles.